The fraction of sp³-hybridized carbons (Fsp3) is 0.364. The molecule has 0 aliphatic rings. The summed E-state index contributed by atoms with van der Waals surface area (Å²) in [4.78, 5) is 11.6. The maximum absolute atomic E-state index is 11.7. The Hall–Kier alpha value is -1.07. The van der Waals surface area contributed by atoms with Gasteiger partial charge in [-0.2, -0.15) is 0 Å². The molecule has 0 aliphatic heterocycles. The predicted molar refractivity (Wildman–Crippen MR) is 66.7 cm³/mol. The van der Waals surface area contributed by atoms with Crippen molar-refractivity contribution < 1.29 is 13.2 Å². The van der Waals surface area contributed by atoms with Crippen molar-refractivity contribution in [1.29, 1.82) is 0 Å². The number of halogens is 1. The molecule has 1 N–H and O–H groups in total. The molecule has 1 amide bonds. The van der Waals surface area contributed by atoms with Gasteiger partial charge >= 0.3 is 0 Å². The Morgan fingerprint density at radius 1 is 1.41 bits per heavy atom. The third-order valence-corrected chi connectivity index (χ3v) is 3.40. The molecule has 1 aromatic rings. The number of carbonyl (C=O) groups is 1. The quantitative estimate of drug-likeness (QED) is 0.855. The number of hydrogen-bond acceptors (Lipinski definition) is 3. The summed E-state index contributed by atoms with van der Waals surface area (Å²) >= 11 is 0. The van der Waals surface area contributed by atoms with Gasteiger partial charge in [-0.05, 0) is 24.1 Å². The summed E-state index contributed by atoms with van der Waals surface area (Å²) in [5.41, 5.74) is 0.285. The van der Waals surface area contributed by atoms with Gasteiger partial charge in [-0.3, -0.25) is 4.79 Å². The molecule has 94 valence electrons. The lowest BCUT2D eigenvalue weighted by molar-refractivity contribution is 0.0949. The first-order valence-electron chi connectivity index (χ1n) is 5.13. The minimum atomic E-state index is -3.80. The van der Waals surface area contributed by atoms with Crippen LogP contribution in [0.25, 0.3) is 0 Å². The van der Waals surface area contributed by atoms with Gasteiger partial charge in [-0.25, -0.2) is 8.42 Å². The predicted octanol–water partition coefficient (Wildman–Crippen LogP) is 2.00. The normalized spacial score (nSPS) is 11.5. The van der Waals surface area contributed by atoms with Crippen LogP contribution in [0, 0.1) is 5.92 Å². The Kier molecular flexibility index (Phi) is 4.54. The molecule has 0 radical (unpaired) electrons. The van der Waals surface area contributed by atoms with E-state index in [-0.39, 0.29) is 16.4 Å². The highest BCUT2D eigenvalue weighted by molar-refractivity contribution is 8.13. The summed E-state index contributed by atoms with van der Waals surface area (Å²) in [6.45, 7) is 4.48. The van der Waals surface area contributed by atoms with Crippen molar-refractivity contribution >= 4 is 25.6 Å². The van der Waals surface area contributed by atoms with E-state index in [0.29, 0.717) is 12.5 Å². The molecule has 0 atom stereocenters. The van der Waals surface area contributed by atoms with Gasteiger partial charge in [0.05, 0.1) is 4.90 Å². The lowest BCUT2D eigenvalue weighted by Crippen LogP contribution is -2.27. The van der Waals surface area contributed by atoms with E-state index in [1.165, 1.54) is 18.2 Å². The average molecular weight is 276 g/mol. The number of hydrogen-bond donors (Lipinski definition) is 1. The highest BCUT2D eigenvalue weighted by Gasteiger charge is 2.13. The SMILES string of the molecule is CC(C)CNC(=O)c1cccc(S(=O)(=O)Cl)c1. The van der Waals surface area contributed by atoms with E-state index in [1.54, 1.807) is 6.07 Å². The molecule has 1 rings (SSSR count). The molecule has 0 fully saturated rings. The smallest absolute Gasteiger partial charge is 0.261 e. The molecule has 0 saturated carbocycles. The second kappa shape index (κ2) is 5.51. The van der Waals surface area contributed by atoms with E-state index in [0.717, 1.165) is 0 Å². The van der Waals surface area contributed by atoms with Crippen molar-refractivity contribution in [2.45, 2.75) is 18.7 Å². The van der Waals surface area contributed by atoms with Crippen molar-refractivity contribution in [2.24, 2.45) is 5.92 Å². The summed E-state index contributed by atoms with van der Waals surface area (Å²) in [6.07, 6.45) is 0. The first-order valence-corrected chi connectivity index (χ1v) is 7.44. The van der Waals surface area contributed by atoms with Crippen LogP contribution in [0.1, 0.15) is 24.2 Å². The van der Waals surface area contributed by atoms with Crippen LogP contribution in [0.5, 0.6) is 0 Å². The van der Waals surface area contributed by atoms with Crippen LogP contribution in [-0.4, -0.2) is 20.9 Å². The summed E-state index contributed by atoms with van der Waals surface area (Å²) in [5, 5.41) is 2.70. The molecule has 4 nitrogen and oxygen atoms in total. The minimum Gasteiger partial charge on any atom is -0.352 e. The first-order chi connectivity index (χ1) is 7.80. The van der Waals surface area contributed by atoms with Gasteiger partial charge in [0.2, 0.25) is 0 Å². The van der Waals surface area contributed by atoms with Crippen LogP contribution in [-0.2, 0) is 9.05 Å². The molecule has 17 heavy (non-hydrogen) atoms. The first kappa shape index (κ1) is 14.0. The van der Waals surface area contributed by atoms with Crippen LogP contribution >= 0.6 is 10.7 Å². The van der Waals surface area contributed by atoms with Gasteiger partial charge in [0.15, 0.2) is 0 Å². The summed E-state index contributed by atoms with van der Waals surface area (Å²) in [5.74, 6) is 0.0276. The Labute approximate surface area is 105 Å². The molecule has 0 bridgehead atoms. The van der Waals surface area contributed by atoms with Crippen LogP contribution < -0.4 is 5.32 Å². The average Bonchev–Trinajstić information content (AvgIpc) is 2.25. The molecular weight excluding hydrogens is 262 g/mol. The zero-order valence-electron chi connectivity index (χ0n) is 9.60. The zero-order chi connectivity index (χ0) is 13.1. The summed E-state index contributed by atoms with van der Waals surface area (Å²) in [7, 11) is 1.41. The fourth-order valence-corrected chi connectivity index (χ4v) is 1.98. The lowest BCUT2D eigenvalue weighted by atomic mass is 10.2. The van der Waals surface area contributed by atoms with Gasteiger partial charge < -0.3 is 5.32 Å². The molecule has 0 aliphatic carbocycles. The van der Waals surface area contributed by atoms with Crippen LogP contribution in [0.15, 0.2) is 29.2 Å². The second-order valence-corrected chi connectivity index (χ2v) is 6.64. The lowest BCUT2D eigenvalue weighted by Gasteiger charge is -2.08. The minimum absolute atomic E-state index is 0.0728. The maximum atomic E-state index is 11.7. The highest BCUT2D eigenvalue weighted by Crippen LogP contribution is 2.16. The molecule has 0 aromatic heterocycles. The van der Waals surface area contributed by atoms with Gasteiger partial charge in [-0.1, -0.05) is 19.9 Å². The number of benzene rings is 1. The van der Waals surface area contributed by atoms with E-state index >= 15 is 0 Å². The topological polar surface area (TPSA) is 63.2 Å². The molecule has 0 saturated heterocycles. The molecule has 0 heterocycles. The van der Waals surface area contributed by atoms with Gasteiger partial charge in [0.1, 0.15) is 0 Å². The largest absolute Gasteiger partial charge is 0.352 e. The van der Waals surface area contributed by atoms with Crippen molar-refractivity contribution in [3.05, 3.63) is 29.8 Å². The van der Waals surface area contributed by atoms with Crippen molar-refractivity contribution in [3.63, 3.8) is 0 Å². The number of rotatable bonds is 4. The Balaban J connectivity index is 2.89. The Morgan fingerprint density at radius 2 is 2.06 bits per heavy atom. The zero-order valence-corrected chi connectivity index (χ0v) is 11.2. The summed E-state index contributed by atoms with van der Waals surface area (Å²) in [6, 6.07) is 5.64. The van der Waals surface area contributed by atoms with E-state index in [2.05, 4.69) is 5.32 Å². The van der Waals surface area contributed by atoms with Crippen LogP contribution in [0.3, 0.4) is 0 Å². The highest BCUT2D eigenvalue weighted by atomic mass is 35.7. The van der Waals surface area contributed by atoms with Crippen LogP contribution in [0.4, 0.5) is 0 Å². The van der Waals surface area contributed by atoms with Gasteiger partial charge in [-0.15, -0.1) is 0 Å². The van der Waals surface area contributed by atoms with Gasteiger partial charge in [0, 0.05) is 22.8 Å². The Morgan fingerprint density at radius 3 is 2.59 bits per heavy atom. The standard InChI is InChI=1S/C11H14ClNO3S/c1-8(2)7-13-11(14)9-4-3-5-10(6-9)17(12,15)16/h3-6,8H,7H2,1-2H3,(H,13,14). The van der Waals surface area contributed by atoms with Crippen molar-refractivity contribution in [1.82, 2.24) is 5.32 Å². The summed E-state index contributed by atoms with van der Waals surface area (Å²) < 4.78 is 22.2. The molecular formula is C11H14ClNO3S. The molecule has 6 heteroatoms. The molecule has 0 unspecified atom stereocenters. The third-order valence-electron chi connectivity index (χ3n) is 2.05. The Bertz CT molecular complexity index is 511. The third kappa shape index (κ3) is 4.36. The van der Waals surface area contributed by atoms with E-state index in [1.807, 2.05) is 13.8 Å². The number of nitrogens with one attached hydrogen (secondary N) is 1. The van der Waals surface area contributed by atoms with Crippen molar-refractivity contribution in [2.75, 3.05) is 6.54 Å². The second-order valence-electron chi connectivity index (χ2n) is 4.07. The fourth-order valence-electron chi connectivity index (χ4n) is 1.19. The van der Waals surface area contributed by atoms with Gasteiger partial charge in [0.25, 0.3) is 15.0 Å². The molecule has 1 aromatic carbocycles. The van der Waals surface area contributed by atoms with E-state index in [4.69, 9.17) is 10.7 Å². The van der Waals surface area contributed by atoms with E-state index in [9.17, 15) is 13.2 Å². The number of carbonyl (C=O) groups excluding carboxylic acids is 1. The van der Waals surface area contributed by atoms with E-state index < -0.39 is 9.05 Å². The number of amides is 1. The monoisotopic (exact) mass is 275 g/mol. The maximum Gasteiger partial charge on any atom is 0.261 e. The van der Waals surface area contributed by atoms with Crippen LogP contribution in [0.2, 0.25) is 0 Å². The van der Waals surface area contributed by atoms with Crippen molar-refractivity contribution in [3.8, 4) is 0 Å². The molecule has 0 spiro atoms.